The Labute approximate surface area is 66.1 Å². The number of aldehydes is 1. The van der Waals surface area contributed by atoms with E-state index in [4.69, 9.17) is 0 Å². The topological polar surface area (TPSA) is 46.6 Å². The Bertz CT molecular complexity index is 147. The monoisotopic (exact) mass is 159 g/mol. The van der Waals surface area contributed by atoms with Crippen LogP contribution in [-0.2, 0) is 9.53 Å². The highest BCUT2D eigenvalue weighted by molar-refractivity contribution is 5.68. The van der Waals surface area contributed by atoms with Crippen LogP contribution in [0.25, 0.3) is 0 Å². The molecule has 4 heteroatoms. The Morgan fingerprint density at radius 1 is 1.73 bits per heavy atom. The lowest BCUT2D eigenvalue weighted by Crippen LogP contribution is -2.35. The number of amides is 1. The standard InChI is InChI=1S/C7H13NO3/c1-6(4-5-9)8(2)7(10)11-3/h5-6H,4H2,1-3H3. The smallest absolute Gasteiger partial charge is 0.409 e. The Kier molecular flexibility index (Phi) is 4.26. The second-order valence-corrected chi connectivity index (χ2v) is 2.33. The van der Waals surface area contributed by atoms with Crippen LogP contribution in [0.2, 0.25) is 0 Å². The number of rotatable bonds is 3. The fourth-order valence-electron chi connectivity index (χ4n) is 0.621. The molecule has 0 spiro atoms. The minimum Gasteiger partial charge on any atom is -0.453 e. The van der Waals surface area contributed by atoms with Gasteiger partial charge >= 0.3 is 6.09 Å². The van der Waals surface area contributed by atoms with Gasteiger partial charge in [0, 0.05) is 19.5 Å². The summed E-state index contributed by atoms with van der Waals surface area (Å²) in [5.74, 6) is 0. The molecule has 1 unspecified atom stereocenters. The first-order valence-corrected chi connectivity index (χ1v) is 3.38. The van der Waals surface area contributed by atoms with Crippen molar-refractivity contribution in [2.24, 2.45) is 0 Å². The average Bonchev–Trinajstić information content (AvgIpc) is 2.02. The van der Waals surface area contributed by atoms with E-state index >= 15 is 0 Å². The van der Waals surface area contributed by atoms with Crippen LogP contribution < -0.4 is 0 Å². The van der Waals surface area contributed by atoms with Gasteiger partial charge in [-0.3, -0.25) is 0 Å². The second-order valence-electron chi connectivity index (χ2n) is 2.33. The lowest BCUT2D eigenvalue weighted by Gasteiger charge is -2.21. The summed E-state index contributed by atoms with van der Waals surface area (Å²) in [5.41, 5.74) is 0. The highest BCUT2D eigenvalue weighted by atomic mass is 16.5. The van der Waals surface area contributed by atoms with E-state index < -0.39 is 6.09 Å². The van der Waals surface area contributed by atoms with Gasteiger partial charge in [-0.25, -0.2) is 4.79 Å². The summed E-state index contributed by atoms with van der Waals surface area (Å²) < 4.78 is 4.45. The highest BCUT2D eigenvalue weighted by Gasteiger charge is 2.14. The molecule has 0 aliphatic carbocycles. The number of ether oxygens (including phenoxy) is 1. The van der Waals surface area contributed by atoms with Crippen molar-refractivity contribution in [1.29, 1.82) is 0 Å². The first-order valence-electron chi connectivity index (χ1n) is 3.38. The van der Waals surface area contributed by atoms with Gasteiger partial charge in [0.1, 0.15) is 6.29 Å². The predicted octanol–water partition coefficient (Wildman–Crippen LogP) is 0.662. The van der Waals surface area contributed by atoms with E-state index in [0.717, 1.165) is 6.29 Å². The maximum Gasteiger partial charge on any atom is 0.409 e. The molecule has 0 aliphatic rings. The van der Waals surface area contributed by atoms with Crippen molar-refractivity contribution >= 4 is 12.4 Å². The zero-order valence-electron chi connectivity index (χ0n) is 7.03. The number of carbonyl (C=O) groups excluding carboxylic acids is 2. The van der Waals surface area contributed by atoms with Gasteiger partial charge in [0.2, 0.25) is 0 Å². The van der Waals surface area contributed by atoms with E-state index in [1.807, 2.05) is 0 Å². The molecule has 0 saturated carbocycles. The summed E-state index contributed by atoms with van der Waals surface area (Å²) in [6.45, 7) is 1.78. The summed E-state index contributed by atoms with van der Waals surface area (Å²) in [6.07, 6.45) is 0.703. The van der Waals surface area contributed by atoms with Crippen LogP contribution in [0.1, 0.15) is 13.3 Å². The van der Waals surface area contributed by atoms with Gasteiger partial charge in [-0.1, -0.05) is 0 Å². The summed E-state index contributed by atoms with van der Waals surface area (Å²) in [5, 5.41) is 0. The molecule has 4 nitrogen and oxygen atoms in total. The van der Waals surface area contributed by atoms with Crippen LogP contribution in [0.5, 0.6) is 0 Å². The number of carbonyl (C=O) groups is 2. The molecule has 0 aliphatic heterocycles. The van der Waals surface area contributed by atoms with E-state index in [2.05, 4.69) is 4.74 Å². The molecule has 0 N–H and O–H groups in total. The third-order valence-corrected chi connectivity index (χ3v) is 1.56. The van der Waals surface area contributed by atoms with E-state index in [0.29, 0.717) is 6.42 Å². The number of hydrogen-bond acceptors (Lipinski definition) is 3. The maximum absolute atomic E-state index is 10.8. The molecule has 0 aromatic carbocycles. The van der Waals surface area contributed by atoms with Crippen molar-refractivity contribution in [1.82, 2.24) is 4.90 Å². The van der Waals surface area contributed by atoms with Crippen LogP contribution >= 0.6 is 0 Å². The van der Waals surface area contributed by atoms with Gasteiger partial charge in [0.05, 0.1) is 7.11 Å². The van der Waals surface area contributed by atoms with Crippen molar-refractivity contribution in [3.05, 3.63) is 0 Å². The van der Waals surface area contributed by atoms with Gasteiger partial charge in [-0.15, -0.1) is 0 Å². The summed E-state index contributed by atoms with van der Waals surface area (Å²) in [4.78, 5) is 22.3. The average molecular weight is 159 g/mol. The first-order chi connectivity index (χ1) is 5.13. The Balaban J connectivity index is 3.89. The van der Waals surface area contributed by atoms with Crippen LogP contribution in [0.3, 0.4) is 0 Å². The molecule has 0 rings (SSSR count). The SMILES string of the molecule is COC(=O)N(C)C(C)CC=O. The number of methoxy groups -OCH3 is 1. The molecule has 0 saturated heterocycles. The molecule has 0 heterocycles. The van der Waals surface area contributed by atoms with Crippen LogP contribution in [0.15, 0.2) is 0 Å². The Morgan fingerprint density at radius 2 is 2.27 bits per heavy atom. The summed E-state index contributed by atoms with van der Waals surface area (Å²) in [7, 11) is 2.91. The molecule has 64 valence electrons. The van der Waals surface area contributed by atoms with Crippen molar-refractivity contribution in [3.8, 4) is 0 Å². The molecule has 11 heavy (non-hydrogen) atoms. The third kappa shape index (κ3) is 3.02. The highest BCUT2D eigenvalue weighted by Crippen LogP contribution is 2.00. The number of hydrogen-bond donors (Lipinski definition) is 0. The molecule has 1 amide bonds. The van der Waals surface area contributed by atoms with Crippen molar-refractivity contribution in [3.63, 3.8) is 0 Å². The van der Waals surface area contributed by atoms with Gasteiger partial charge in [0.15, 0.2) is 0 Å². The van der Waals surface area contributed by atoms with Crippen LogP contribution in [0, 0.1) is 0 Å². The van der Waals surface area contributed by atoms with Crippen molar-refractivity contribution in [2.45, 2.75) is 19.4 Å². The minimum absolute atomic E-state index is 0.0973. The molecule has 1 atom stereocenters. The van der Waals surface area contributed by atoms with Gasteiger partial charge in [0.25, 0.3) is 0 Å². The fourth-order valence-corrected chi connectivity index (χ4v) is 0.621. The largest absolute Gasteiger partial charge is 0.453 e. The molecular formula is C7H13NO3. The van der Waals surface area contributed by atoms with Crippen molar-refractivity contribution in [2.75, 3.05) is 14.2 Å². The maximum atomic E-state index is 10.8. The minimum atomic E-state index is -0.417. The van der Waals surface area contributed by atoms with Gasteiger partial charge < -0.3 is 14.4 Å². The summed E-state index contributed by atoms with van der Waals surface area (Å²) in [6, 6.07) is -0.0973. The zero-order valence-corrected chi connectivity index (χ0v) is 7.03. The van der Waals surface area contributed by atoms with Gasteiger partial charge in [-0.05, 0) is 6.92 Å². The van der Waals surface area contributed by atoms with E-state index in [-0.39, 0.29) is 6.04 Å². The van der Waals surface area contributed by atoms with Crippen LogP contribution in [0.4, 0.5) is 4.79 Å². The van der Waals surface area contributed by atoms with E-state index in [1.165, 1.54) is 12.0 Å². The number of nitrogens with zero attached hydrogens (tertiary/aromatic N) is 1. The molecule has 0 aromatic heterocycles. The molecule has 0 fully saturated rings. The predicted molar refractivity (Wildman–Crippen MR) is 40.3 cm³/mol. The molecular weight excluding hydrogens is 146 g/mol. The molecule has 0 radical (unpaired) electrons. The van der Waals surface area contributed by atoms with Gasteiger partial charge in [-0.2, -0.15) is 0 Å². The third-order valence-electron chi connectivity index (χ3n) is 1.56. The van der Waals surface area contributed by atoms with Crippen molar-refractivity contribution < 1.29 is 14.3 Å². The summed E-state index contributed by atoms with van der Waals surface area (Å²) >= 11 is 0. The second kappa shape index (κ2) is 4.71. The van der Waals surface area contributed by atoms with Crippen LogP contribution in [-0.4, -0.2) is 37.5 Å². The lowest BCUT2D eigenvalue weighted by molar-refractivity contribution is -0.108. The fraction of sp³-hybridized carbons (Fsp3) is 0.714. The lowest BCUT2D eigenvalue weighted by atomic mass is 10.2. The Hall–Kier alpha value is -1.06. The Morgan fingerprint density at radius 3 is 2.64 bits per heavy atom. The quantitative estimate of drug-likeness (QED) is 0.568. The zero-order chi connectivity index (χ0) is 8.85. The van der Waals surface area contributed by atoms with E-state index in [1.54, 1.807) is 14.0 Å². The normalized spacial score (nSPS) is 11.9. The van der Waals surface area contributed by atoms with E-state index in [9.17, 15) is 9.59 Å². The molecule has 0 bridgehead atoms. The first kappa shape index (κ1) is 9.94. The molecule has 0 aromatic rings.